The van der Waals surface area contributed by atoms with Crippen LogP contribution in [0.3, 0.4) is 0 Å². The first-order valence-corrected chi connectivity index (χ1v) is 9.75. The molecule has 0 saturated carbocycles. The fourth-order valence-electron chi connectivity index (χ4n) is 3.37. The van der Waals surface area contributed by atoms with Crippen molar-refractivity contribution in [2.24, 2.45) is 5.92 Å². The molecule has 0 bridgehead atoms. The van der Waals surface area contributed by atoms with Crippen molar-refractivity contribution in [3.8, 4) is 0 Å². The predicted molar refractivity (Wildman–Crippen MR) is 107 cm³/mol. The molecule has 3 rings (SSSR count). The summed E-state index contributed by atoms with van der Waals surface area (Å²) in [5.41, 5.74) is 1.14. The Morgan fingerprint density at radius 1 is 1.28 bits per heavy atom. The van der Waals surface area contributed by atoms with Crippen LogP contribution in [0.5, 0.6) is 0 Å². The number of rotatable bonds is 6. The van der Waals surface area contributed by atoms with Gasteiger partial charge in [-0.3, -0.25) is 14.6 Å². The summed E-state index contributed by atoms with van der Waals surface area (Å²) >= 11 is 0. The second-order valence-corrected chi connectivity index (χ2v) is 7.68. The summed E-state index contributed by atoms with van der Waals surface area (Å²) in [7, 11) is 0. The molecule has 154 valence electrons. The molecule has 1 aliphatic rings. The molecule has 1 unspecified atom stereocenters. The van der Waals surface area contributed by atoms with Crippen molar-refractivity contribution < 1.29 is 18.7 Å². The van der Waals surface area contributed by atoms with E-state index in [0.29, 0.717) is 30.1 Å². The van der Waals surface area contributed by atoms with Crippen LogP contribution in [-0.2, 0) is 16.1 Å². The number of pyridine rings is 1. The molecule has 6 nitrogen and oxygen atoms in total. The van der Waals surface area contributed by atoms with Gasteiger partial charge in [-0.1, -0.05) is 26.0 Å². The summed E-state index contributed by atoms with van der Waals surface area (Å²) in [6.07, 6.45) is 2.72. The smallest absolute Gasteiger partial charge is 0.255 e. The molecule has 2 amide bonds. The highest BCUT2D eigenvalue weighted by atomic mass is 19.1. The number of ether oxygens (including phenoxy) is 1. The Morgan fingerprint density at radius 3 is 2.79 bits per heavy atom. The minimum atomic E-state index is -0.371. The van der Waals surface area contributed by atoms with E-state index in [-0.39, 0.29) is 43.4 Å². The van der Waals surface area contributed by atoms with Gasteiger partial charge < -0.3 is 14.5 Å². The third-order valence-corrected chi connectivity index (χ3v) is 4.68. The van der Waals surface area contributed by atoms with E-state index in [4.69, 9.17) is 4.74 Å². The summed E-state index contributed by atoms with van der Waals surface area (Å²) in [4.78, 5) is 32.9. The normalized spacial score (nSPS) is 17.5. The monoisotopic (exact) mass is 399 g/mol. The van der Waals surface area contributed by atoms with Crippen LogP contribution in [0.15, 0.2) is 48.8 Å². The maximum Gasteiger partial charge on any atom is 0.255 e. The molecule has 1 fully saturated rings. The first-order valence-electron chi connectivity index (χ1n) is 9.75. The lowest BCUT2D eigenvalue weighted by Gasteiger charge is -2.26. The van der Waals surface area contributed by atoms with Crippen molar-refractivity contribution >= 4 is 11.8 Å². The van der Waals surface area contributed by atoms with E-state index < -0.39 is 0 Å². The van der Waals surface area contributed by atoms with E-state index in [2.05, 4.69) is 4.98 Å². The Labute approximate surface area is 170 Å². The Hall–Kier alpha value is -2.80. The summed E-state index contributed by atoms with van der Waals surface area (Å²) in [5.74, 6) is -0.384. The lowest BCUT2D eigenvalue weighted by atomic mass is 10.2. The number of hydrogen-bond acceptors (Lipinski definition) is 4. The number of amides is 2. The van der Waals surface area contributed by atoms with E-state index in [9.17, 15) is 14.0 Å². The van der Waals surface area contributed by atoms with Crippen molar-refractivity contribution in [1.29, 1.82) is 0 Å². The Kier molecular flexibility index (Phi) is 6.93. The van der Waals surface area contributed by atoms with Gasteiger partial charge in [0.05, 0.1) is 18.3 Å². The summed E-state index contributed by atoms with van der Waals surface area (Å²) in [6, 6.07) is 9.59. The average Bonchev–Trinajstić information content (AvgIpc) is 2.85. The molecular weight excluding hydrogens is 373 g/mol. The fraction of sp³-hybridized carbons (Fsp3) is 0.409. The molecule has 0 spiro atoms. The molecule has 1 aromatic heterocycles. The van der Waals surface area contributed by atoms with Gasteiger partial charge in [0.15, 0.2) is 0 Å². The quantitative estimate of drug-likeness (QED) is 0.749. The molecule has 0 radical (unpaired) electrons. The highest BCUT2D eigenvalue weighted by molar-refractivity contribution is 5.96. The van der Waals surface area contributed by atoms with Crippen LogP contribution in [-0.4, -0.2) is 58.9 Å². The Bertz CT molecular complexity index is 844. The molecule has 2 aromatic rings. The van der Waals surface area contributed by atoms with Gasteiger partial charge in [0.1, 0.15) is 12.4 Å². The number of aromatic nitrogens is 1. The third-order valence-electron chi connectivity index (χ3n) is 4.68. The fourth-order valence-corrected chi connectivity index (χ4v) is 3.37. The molecule has 1 saturated heterocycles. The van der Waals surface area contributed by atoms with E-state index in [1.165, 1.54) is 23.2 Å². The summed E-state index contributed by atoms with van der Waals surface area (Å²) in [6.45, 7) is 5.56. The number of nitrogens with zero attached hydrogens (tertiary/aromatic N) is 3. The van der Waals surface area contributed by atoms with E-state index >= 15 is 0 Å². The number of carbonyl (C=O) groups excluding carboxylic acids is 2. The van der Waals surface area contributed by atoms with Crippen LogP contribution < -0.4 is 0 Å². The summed E-state index contributed by atoms with van der Waals surface area (Å²) < 4.78 is 19.5. The van der Waals surface area contributed by atoms with Gasteiger partial charge in [-0.25, -0.2) is 4.39 Å². The molecule has 1 aliphatic heterocycles. The molecule has 7 heteroatoms. The van der Waals surface area contributed by atoms with Gasteiger partial charge in [-0.15, -0.1) is 0 Å². The topological polar surface area (TPSA) is 62.7 Å². The second-order valence-electron chi connectivity index (χ2n) is 7.68. The van der Waals surface area contributed by atoms with Gasteiger partial charge in [0, 0.05) is 32.0 Å². The molecule has 1 aromatic carbocycles. The summed E-state index contributed by atoms with van der Waals surface area (Å²) in [5, 5.41) is 0. The van der Waals surface area contributed by atoms with Crippen molar-refractivity contribution in [2.75, 3.05) is 26.2 Å². The van der Waals surface area contributed by atoms with Crippen molar-refractivity contribution in [1.82, 2.24) is 14.8 Å². The van der Waals surface area contributed by atoms with Crippen molar-refractivity contribution in [3.63, 3.8) is 0 Å². The molecule has 1 atom stereocenters. The highest BCUT2D eigenvalue weighted by Crippen LogP contribution is 2.15. The molecule has 0 aliphatic carbocycles. The zero-order valence-electron chi connectivity index (χ0n) is 16.8. The first kappa shape index (κ1) is 20.9. The van der Waals surface area contributed by atoms with Crippen molar-refractivity contribution in [3.05, 3.63) is 65.7 Å². The number of hydrogen-bond donors (Lipinski definition) is 0. The van der Waals surface area contributed by atoms with Crippen LogP contribution in [0.25, 0.3) is 0 Å². The predicted octanol–water partition coefficient (Wildman–Crippen LogP) is 2.75. The zero-order valence-corrected chi connectivity index (χ0v) is 16.8. The van der Waals surface area contributed by atoms with Gasteiger partial charge in [-0.2, -0.15) is 0 Å². The number of carbonyl (C=O) groups is 2. The van der Waals surface area contributed by atoms with Crippen LogP contribution >= 0.6 is 0 Å². The van der Waals surface area contributed by atoms with E-state index in [1.54, 1.807) is 35.4 Å². The van der Waals surface area contributed by atoms with Gasteiger partial charge in [-0.05, 0) is 35.7 Å². The zero-order chi connectivity index (χ0) is 20.8. The van der Waals surface area contributed by atoms with Crippen LogP contribution in [0.1, 0.15) is 29.8 Å². The van der Waals surface area contributed by atoms with Gasteiger partial charge >= 0.3 is 0 Å². The average molecular weight is 399 g/mol. The molecule has 29 heavy (non-hydrogen) atoms. The minimum absolute atomic E-state index is 0.000271. The second kappa shape index (κ2) is 9.60. The van der Waals surface area contributed by atoms with Gasteiger partial charge in [0.2, 0.25) is 5.91 Å². The number of halogens is 1. The van der Waals surface area contributed by atoms with Crippen LogP contribution in [0.4, 0.5) is 4.39 Å². The number of benzene rings is 1. The minimum Gasteiger partial charge on any atom is -0.370 e. The first-order chi connectivity index (χ1) is 13.9. The lowest BCUT2D eigenvalue weighted by molar-refractivity contribution is -0.132. The lowest BCUT2D eigenvalue weighted by Crippen LogP contribution is -2.40. The Balaban J connectivity index is 1.76. The molecular formula is C22H26FN3O3. The largest absolute Gasteiger partial charge is 0.370 e. The van der Waals surface area contributed by atoms with E-state index in [1.807, 2.05) is 13.8 Å². The highest BCUT2D eigenvalue weighted by Gasteiger charge is 2.31. The molecule has 0 N–H and O–H groups in total. The van der Waals surface area contributed by atoms with Crippen LogP contribution in [0, 0.1) is 11.7 Å². The molecule has 2 heterocycles. The SMILES string of the molecule is CC(C)CN1CC(OCc2cccc(F)c2)CN(C(=O)c2cccnc2)CC1=O. The third kappa shape index (κ3) is 5.84. The van der Waals surface area contributed by atoms with Crippen LogP contribution in [0.2, 0.25) is 0 Å². The maximum atomic E-state index is 13.4. The standard InChI is InChI=1S/C22H26FN3O3/c1-16(2)11-25-12-20(29-15-17-5-3-7-19(23)9-17)13-26(14-21(25)27)22(28)18-6-4-8-24-10-18/h3-10,16,20H,11-15H2,1-2H3. The van der Waals surface area contributed by atoms with Gasteiger partial charge in [0.25, 0.3) is 5.91 Å². The van der Waals surface area contributed by atoms with E-state index in [0.717, 1.165) is 0 Å². The maximum absolute atomic E-state index is 13.4. The Morgan fingerprint density at radius 2 is 2.10 bits per heavy atom. The van der Waals surface area contributed by atoms with Crippen molar-refractivity contribution in [2.45, 2.75) is 26.6 Å².